The van der Waals surface area contributed by atoms with Gasteiger partial charge < -0.3 is 5.32 Å². The van der Waals surface area contributed by atoms with Gasteiger partial charge in [0.15, 0.2) is 0 Å². The molecule has 0 bridgehead atoms. The summed E-state index contributed by atoms with van der Waals surface area (Å²) in [6, 6.07) is 7.54. The molecular weight excluding hydrogens is 238 g/mol. The maximum atomic E-state index is 12.3. The first-order valence-electron chi connectivity index (χ1n) is 6.69. The number of aromatic nitrogens is 2. The van der Waals surface area contributed by atoms with Crippen LogP contribution in [-0.4, -0.2) is 16.1 Å². The Bertz CT molecular complexity index is 631. The predicted octanol–water partition coefficient (Wildman–Crippen LogP) is 2.24. The molecule has 1 unspecified atom stereocenters. The molecule has 0 aliphatic heterocycles. The monoisotopic (exact) mass is 259 g/mol. The van der Waals surface area contributed by atoms with Crippen LogP contribution in [0.4, 0.5) is 0 Å². The number of para-hydroxylation sites is 1. The third-order valence-corrected chi connectivity index (χ3v) is 3.24. The van der Waals surface area contributed by atoms with E-state index < -0.39 is 0 Å². The van der Waals surface area contributed by atoms with Crippen molar-refractivity contribution in [3.05, 3.63) is 40.4 Å². The highest BCUT2D eigenvalue weighted by Crippen LogP contribution is 2.12. The first-order chi connectivity index (χ1) is 9.00. The zero-order valence-corrected chi connectivity index (χ0v) is 12.0. The number of hydrogen-bond acceptors (Lipinski definition) is 3. The smallest absolute Gasteiger partial charge is 0.261 e. The molecule has 2 rings (SSSR count). The SMILES string of the molecule is CC(C)CNC(C)c1nc2ccccc2c(=O)n1C. The lowest BCUT2D eigenvalue weighted by Crippen LogP contribution is -2.31. The van der Waals surface area contributed by atoms with Crippen LogP contribution in [0.5, 0.6) is 0 Å². The largest absolute Gasteiger partial charge is 0.307 e. The average molecular weight is 259 g/mol. The molecule has 0 saturated carbocycles. The first-order valence-corrected chi connectivity index (χ1v) is 6.69. The van der Waals surface area contributed by atoms with Gasteiger partial charge in [-0.05, 0) is 31.5 Å². The highest BCUT2D eigenvalue weighted by Gasteiger charge is 2.13. The molecule has 1 aromatic carbocycles. The Morgan fingerprint density at radius 1 is 1.26 bits per heavy atom. The Morgan fingerprint density at radius 3 is 2.63 bits per heavy atom. The molecule has 2 aromatic rings. The van der Waals surface area contributed by atoms with Gasteiger partial charge >= 0.3 is 0 Å². The van der Waals surface area contributed by atoms with Crippen LogP contribution in [0.15, 0.2) is 29.1 Å². The van der Waals surface area contributed by atoms with Crippen LogP contribution in [0, 0.1) is 5.92 Å². The number of benzene rings is 1. The zero-order chi connectivity index (χ0) is 14.0. The molecule has 0 fully saturated rings. The Hall–Kier alpha value is -1.68. The van der Waals surface area contributed by atoms with Crippen molar-refractivity contribution in [1.82, 2.24) is 14.9 Å². The maximum absolute atomic E-state index is 12.3. The number of nitrogens with one attached hydrogen (secondary N) is 1. The van der Waals surface area contributed by atoms with Crippen molar-refractivity contribution in [3.8, 4) is 0 Å². The van der Waals surface area contributed by atoms with Gasteiger partial charge in [0.05, 0.1) is 16.9 Å². The molecule has 0 aliphatic carbocycles. The first kappa shape index (κ1) is 13.7. The van der Waals surface area contributed by atoms with Gasteiger partial charge in [-0.3, -0.25) is 9.36 Å². The van der Waals surface area contributed by atoms with Crippen LogP contribution in [0.1, 0.15) is 32.6 Å². The van der Waals surface area contributed by atoms with Gasteiger partial charge in [-0.25, -0.2) is 4.98 Å². The van der Waals surface area contributed by atoms with E-state index in [0.717, 1.165) is 17.9 Å². The molecule has 1 N–H and O–H groups in total. The van der Waals surface area contributed by atoms with Crippen LogP contribution < -0.4 is 10.9 Å². The Morgan fingerprint density at radius 2 is 1.95 bits per heavy atom. The van der Waals surface area contributed by atoms with Crippen molar-refractivity contribution in [2.75, 3.05) is 6.54 Å². The van der Waals surface area contributed by atoms with Crippen molar-refractivity contribution >= 4 is 10.9 Å². The lowest BCUT2D eigenvalue weighted by Gasteiger charge is -2.18. The minimum absolute atomic E-state index is 0.0128. The van der Waals surface area contributed by atoms with E-state index >= 15 is 0 Å². The topological polar surface area (TPSA) is 46.9 Å². The van der Waals surface area contributed by atoms with Gasteiger partial charge in [0.1, 0.15) is 5.82 Å². The summed E-state index contributed by atoms with van der Waals surface area (Å²) < 4.78 is 1.64. The molecule has 4 heteroatoms. The molecule has 0 radical (unpaired) electrons. The maximum Gasteiger partial charge on any atom is 0.261 e. The van der Waals surface area contributed by atoms with Crippen LogP contribution in [0.2, 0.25) is 0 Å². The minimum Gasteiger partial charge on any atom is -0.307 e. The van der Waals surface area contributed by atoms with Crippen LogP contribution in [0.25, 0.3) is 10.9 Å². The number of nitrogens with zero attached hydrogens (tertiary/aromatic N) is 2. The summed E-state index contributed by atoms with van der Waals surface area (Å²) >= 11 is 0. The fourth-order valence-corrected chi connectivity index (χ4v) is 2.13. The zero-order valence-electron chi connectivity index (χ0n) is 12.0. The summed E-state index contributed by atoms with van der Waals surface area (Å²) in [7, 11) is 1.78. The quantitative estimate of drug-likeness (QED) is 0.916. The molecule has 4 nitrogen and oxygen atoms in total. The molecule has 1 heterocycles. The predicted molar refractivity (Wildman–Crippen MR) is 78.2 cm³/mol. The number of rotatable bonds is 4. The molecule has 0 amide bonds. The normalized spacial score (nSPS) is 13.1. The van der Waals surface area contributed by atoms with Gasteiger partial charge in [0.25, 0.3) is 5.56 Å². The van der Waals surface area contributed by atoms with Gasteiger partial charge in [0.2, 0.25) is 0 Å². The van der Waals surface area contributed by atoms with Gasteiger partial charge in [-0.2, -0.15) is 0 Å². The van der Waals surface area contributed by atoms with Gasteiger partial charge in [-0.1, -0.05) is 26.0 Å². The molecule has 1 aromatic heterocycles. The molecule has 102 valence electrons. The standard InChI is InChI=1S/C15H21N3O/c1-10(2)9-16-11(3)14-17-13-8-6-5-7-12(13)15(19)18(14)4/h5-8,10-11,16H,9H2,1-4H3. The van der Waals surface area contributed by atoms with Gasteiger partial charge in [-0.15, -0.1) is 0 Å². The molecular formula is C15H21N3O. The molecule has 0 aliphatic rings. The van der Waals surface area contributed by atoms with Gasteiger partial charge in [0, 0.05) is 7.05 Å². The fourth-order valence-electron chi connectivity index (χ4n) is 2.13. The van der Waals surface area contributed by atoms with E-state index in [-0.39, 0.29) is 11.6 Å². The fraction of sp³-hybridized carbons (Fsp3) is 0.467. The Kier molecular flexibility index (Phi) is 4.00. The van der Waals surface area contributed by atoms with Crippen molar-refractivity contribution in [3.63, 3.8) is 0 Å². The van der Waals surface area contributed by atoms with E-state index in [9.17, 15) is 4.79 Å². The van der Waals surface area contributed by atoms with Crippen molar-refractivity contribution in [2.24, 2.45) is 13.0 Å². The lowest BCUT2D eigenvalue weighted by atomic mass is 10.2. The molecule has 0 saturated heterocycles. The molecule has 19 heavy (non-hydrogen) atoms. The van der Waals surface area contributed by atoms with E-state index in [1.165, 1.54) is 0 Å². The summed E-state index contributed by atoms with van der Waals surface area (Å²) in [5.41, 5.74) is 0.776. The van der Waals surface area contributed by atoms with Crippen molar-refractivity contribution in [2.45, 2.75) is 26.8 Å². The Labute approximate surface area is 113 Å². The van der Waals surface area contributed by atoms with E-state index in [2.05, 4.69) is 24.1 Å². The van der Waals surface area contributed by atoms with E-state index in [1.54, 1.807) is 11.6 Å². The molecule has 1 atom stereocenters. The van der Waals surface area contributed by atoms with Crippen LogP contribution >= 0.6 is 0 Å². The van der Waals surface area contributed by atoms with E-state index in [1.807, 2.05) is 31.2 Å². The van der Waals surface area contributed by atoms with Crippen LogP contribution in [-0.2, 0) is 7.05 Å². The van der Waals surface area contributed by atoms with E-state index in [0.29, 0.717) is 11.3 Å². The summed E-state index contributed by atoms with van der Waals surface area (Å²) in [6.45, 7) is 7.27. The van der Waals surface area contributed by atoms with E-state index in [4.69, 9.17) is 0 Å². The third kappa shape index (κ3) is 2.84. The average Bonchev–Trinajstić information content (AvgIpc) is 2.40. The number of hydrogen-bond donors (Lipinski definition) is 1. The number of fused-ring (bicyclic) bond motifs is 1. The third-order valence-electron chi connectivity index (χ3n) is 3.24. The summed E-state index contributed by atoms with van der Waals surface area (Å²) in [5, 5.41) is 4.08. The second kappa shape index (κ2) is 5.53. The highest BCUT2D eigenvalue weighted by molar-refractivity contribution is 5.77. The lowest BCUT2D eigenvalue weighted by molar-refractivity contribution is 0.468. The minimum atomic E-state index is 0.0128. The van der Waals surface area contributed by atoms with Crippen molar-refractivity contribution in [1.29, 1.82) is 0 Å². The summed E-state index contributed by atoms with van der Waals surface area (Å²) in [4.78, 5) is 16.9. The summed E-state index contributed by atoms with van der Waals surface area (Å²) in [6.07, 6.45) is 0. The molecule has 0 spiro atoms. The summed E-state index contributed by atoms with van der Waals surface area (Å²) in [5.74, 6) is 1.35. The van der Waals surface area contributed by atoms with Crippen LogP contribution in [0.3, 0.4) is 0 Å². The second-order valence-corrected chi connectivity index (χ2v) is 5.38. The van der Waals surface area contributed by atoms with Crippen molar-refractivity contribution < 1.29 is 0 Å². The highest BCUT2D eigenvalue weighted by atomic mass is 16.1. The Balaban J connectivity index is 2.43. The second-order valence-electron chi connectivity index (χ2n) is 5.38.